The highest BCUT2D eigenvalue weighted by molar-refractivity contribution is 7.15. The summed E-state index contributed by atoms with van der Waals surface area (Å²) in [6, 6.07) is 8.28. The van der Waals surface area contributed by atoms with E-state index in [9.17, 15) is 9.90 Å². The Bertz CT molecular complexity index is 798. The predicted molar refractivity (Wildman–Crippen MR) is 101 cm³/mol. The van der Waals surface area contributed by atoms with E-state index in [0.29, 0.717) is 19.8 Å². The van der Waals surface area contributed by atoms with Crippen molar-refractivity contribution in [1.82, 2.24) is 9.88 Å². The summed E-state index contributed by atoms with van der Waals surface area (Å²) in [5.41, 5.74) is 2.27. The quantitative estimate of drug-likeness (QED) is 0.891. The molecule has 2 aliphatic heterocycles. The Morgan fingerprint density at radius 3 is 2.88 bits per heavy atom. The first-order valence-corrected chi connectivity index (χ1v) is 9.93. The number of thiazole rings is 1. The molecule has 1 aromatic carbocycles. The number of nitrogens with zero attached hydrogens (tertiary/aromatic N) is 2. The van der Waals surface area contributed by atoms with Crippen LogP contribution in [0, 0.1) is 18.3 Å². The lowest BCUT2D eigenvalue weighted by Crippen LogP contribution is -2.40. The Balaban J connectivity index is 1.50. The van der Waals surface area contributed by atoms with Crippen LogP contribution in [0.2, 0.25) is 0 Å². The lowest BCUT2D eigenvalue weighted by molar-refractivity contribution is -0.146. The monoisotopic (exact) mass is 372 g/mol. The predicted octanol–water partition coefficient (Wildman–Crippen LogP) is 3.43. The number of likely N-dealkylation sites (tertiary alicyclic amines) is 1. The van der Waals surface area contributed by atoms with Gasteiger partial charge in [-0.15, -0.1) is 11.3 Å². The molecule has 1 N–H and O–H groups in total. The molecule has 0 bridgehead atoms. The van der Waals surface area contributed by atoms with Crippen LogP contribution in [0.15, 0.2) is 30.5 Å². The van der Waals surface area contributed by atoms with Gasteiger partial charge in [-0.3, -0.25) is 9.69 Å². The van der Waals surface area contributed by atoms with Gasteiger partial charge >= 0.3 is 5.97 Å². The summed E-state index contributed by atoms with van der Waals surface area (Å²) in [7, 11) is 0. The SMILES string of the molecule is Cc1ccccc1-c1ncc(CN2CC(C(=O)O)C3(CCOCC3)C2)s1. The summed E-state index contributed by atoms with van der Waals surface area (Å²) in [6.45, 7) is 5.68. The standard InChI is InChI=1S/C20H24N2O3S/c1-14-4-2-3-5-16(14)18-21-10-15(26-18)11-22-12-17(19(23)24)20(13-22)6-8-25-9-7-20/h2-5,10,17H,6-9,11-13H2,1H3,(H,23,24). The summed E-state index contributed by atoms with van der Waals surface area (Å²) in [6.07, 6.45) is 3.63. The number of hydrogen-bond acceptors (Lipinski definition) is 5. The number of rotatable bonds is 4. The molecule has 138 valence electrons. The first-order valence-electron chi connectivity index (χ1n) is 9.11. The van der Waals surface area contributed by atoms with Crippen molar-refractivity contribution in [3.63, 3.8) is 0 Å². The average Bonchev–Trinajstić information content (AvgIpc) is 3.21. The van der Waals surface area contributed by atoms with Gasteiger partial charge in [-0.2, -0.15) is 0 Å². The van der Waals surface area contributed by atoms with Crippen molar-refractivity contribution in [1.29, 1.82) is 0 Å². The zero-order valence-electron chi connectivity index (χ0n) is 15.0. The van der Waals surface area contributed by atoms with Crippen LogP contribution < -0.4 is 0 Å². The molecule has 1 unspecified atom stereocenters. The normalized spacial score (nSPS) is 22.7. The number of carboxylic acid groups (broad SMARTS) is 1. The highest BCUT2D eigenvalue weighted by atomic mass is 32.1. The maximum atomic E-state index is 11.8. The van der Waals surface area contributed by atoms with Crippen LogP contribution in [0.5, 0.6) is 0 Å². The summed E-state index contributed by atoms with van der Waals surface area (Å²) in [4.78, 5) is 19.9. The van der Waals surface area contributed by atoms with Crippen molar-refractivity contribution in [2.45, 2.75) is 26.3 Å². The van der Waals surface area contributed by atoms with E-state index in [1.807, 2.05) is 18.3 Å². The smallest absolute Gasteiger partial charge is 0.308 e. The van der Waals surface area contributed by atoms with E-state index in [1.165, 1.54) is 16.0 Å². The second-order valence-electron chi connectivity index (χ2n) is 7.48. The van der Waals surface area contributed by atoms with E-state index in [-0.39, 0.29) is 11.3 Å². The third-order valence-corrected chi connectivity index (χ3v) is 6.83. The van der Waals surface area contributed by atoms with Crippen molar-refractivity contribution >= 4 is 17.3 Å². The van der Waals surface area contributed by atoms with Crippen LogP contribution in [0.4, 0.5) is 0 Å². The van der Waals surface area contributed by atoms with Gasteiger partial charge in [0.1, 0.15) is 5.01 Å². The largest absolute Gasteiger partial charge is 0.481 e. The van der Waals surface area contributed by atoms with Gasteiger partial charge in [0.15, 0.2) is 0 Å². The molecule has 4 rings (SSSR count). The molecule has 2 aromatic rings. The highest BCUT2D eigenvalue weighted by Gasteiger charge is 2.50. The van der Waals surface area contributed by atoms with Crippen molar-refractivity contribution in [2.75, 3.05) is 26.3 Å². The molecule has 1 atom stereocenters. The van der Waals surface area contributed by atoms with Crippen molar-refractivity contribution in [2.24, 2.45) is 11.3 Å². The van der Waals surface area contributed by atoms with Crippen LogP contribution in [-0.2, 0) is 16.1 Å². The maximum Gasteiger partial charge on any atom is 0.308 e. The lowest BCUT2D eigenvalue weighted by atomic mass is 9.72. The number of aromatic nitrogens is 1. The fraction of sp³-hybridized carbons (Fsp3) is 0.500. The molecule has 2 fully saturated rings. The first-order chi connectivity index (χ1) is 12.6. The second-order valence-corrected chi connectivity index (χ2v) is 8.60. The van der Waals surface area contributed by atoms with Crippen LogP contribution >= 0.6 is 11.3 Å². The van der Waals surface area contributed by atoms with Gasteiger partial charge in [0.2, 0.25) is 0 Å². The molecular formula is C20H24N2O3S. The second kappa shape index (κ2) is 7.10. The van der Waals surface area contributed by atoms with Crippen LogP contribution in [-0.4, -0.2) is 47.3 Å². The Kier molecular flexibility index (Phi) is 4.82. The fourth-order valence-corrected chi connectivity index (χ4v) is 5.40. The molecule has 5 nitrogen and oxygen atoms in total. The average molecular weight is 372 g/mol. The van der Waals surface area contributed by atoms with Crippen molar-refractivity contribution in [3.8, 4) is 10.6 Å². The van der Waals surface area contributed by atoms with E-state index in [4.69, 9.17) is 4.74 Å². The Labute approximate surface area is 157 Å². The highest BCUT2D eigenvalue weighted by Crippen LogP contribution is 2.45. The molecule has 0 radical (unpaired) electrons. The van der Waals surface area contributed by atoms with Crippen molar-refractivity contribution in [3.05, 3.63) is 40.9 Å². The maximum absolute atomic E-state index is 11.8. The fourth-order valence-electron chi connectivity index (χ4n) is 4.36. The zero-order chi connectivity index (χ0) is 18.1. The number of ether oxygens (including phenoxy) is 1. The third-order valence-electron chi connectivity index (χ3n) is 5.81. The van der Waals surface area contributed by atoms with Gasteiger partial charge in [-0.25, -0.2) is 4.98 Å². The van der Waals surface area contributed by atoms with Crippen LogP contribution in [0.1, 0.15) is 23.3 Å². The Morgan fingerprint density at radius 1 is 1.38 bits per heavy atom. The lowest BCUT2D eigenvalue weighted by Gasteiger charge is -2.36. The van der Waals surface area contributed by atoms with E-state index < -0.39 is 5.97 Å². The van der Waals surface area contributed by atoms with E-state index in [0.717, 1.165) is 30.9 Å². The summed E-state index contributed by atoms with van der Waals surface area (Å²) < 4.78 is 5.48. The molecule has 0 aliphatic carbocycles. The number of carboxylic acids is 1. The van der Waals surface area contributed by atoms with Gasteiger partial charge in [-0.1, -0.05) is 24.3 Å². The number of carbonyl (C=O) groups is 1. The number of hydrogen-bond donors (Lipinski definition) is 1. The van der Waals surface area contributed by atoms with Gasteiger partial charge in [0.25, 0.3) is 0 Å². The first kappa shape index (κ1) is 17.6. The minimum absolute atomic E-state index is 0.131. The number of aryl methyl sites for hydroxylation is 1. The molecule has 0 amide bonds. The molecule has 3 heterocycles. The van der Waals surface area contributed by atoms with Crippen LogP contribution in [0.25, 0.3) is 10.6 Å². The minimum Gasteiger partial charge on any atom is -0.481 e. The Hall–Kier alpha value is -1.76. The molecule has 2 saturated heterocycles. The molecule has 2 aliphatic rings. The molecule has 1 spiro atoms. The molecule has 0 saturated carbocycles. The van der Waals surface area contributed by atoms with Crippen LogP contribution in [0.3, 0.4) is 0 Å². The summed E-state index contributed by atoms with van der Waals surface area (Å²) in [5.74, 6) is -0.963. The zero-order valence-corrected chi connectivity index (χ0v) is 15.8. The number of aliphatic carboxylic acids is 1. The van der Waals surface area contributed by atoms with E-state index in [2.05, 4.69) is 28.9 Å². The van der Waals surface area contributed by atoms with Gasteiger partial charge in [0.05, 0.1) is 5.92 Å². The topological polar surface area (TPSA) is 62.7 Å². The molecular weight excluding hydrogens is 348 g/mol. The summed E-state index contributed by atoms with van der Waals surface area (Å²) in [5, 5.41) is 10.8. The number of benzene rings is 1. The molecule has 1 aromatic heterocycles. The van der Waals surface area contributed by atoms with Crippen molar-refractivity contribution < 1.29 is 14.6 Å². The molecule has 26 heavy (non-hydrogen) atoms. The van der Waals surface area contributed by atoms with Gasteiger partial charge in [0, 0.05) is 54.9 Å². The van der Waals surface area contributed by atoms with E-state index >= 15 is 0 Å². The summed E-state index contributed by atoms with van der Waals surface area (Å²) >= 11 is 1.71. The minimum atomic E-state index is -0.667. The van der Waals surface area contributed by atoms with Gasteiger partial charge < -0.3 is 9.84 Å². The third kappa shape index (κ3) is 3.29. The van der Waals surface area contributed by atoms with Gasteiger partial charge in [-0.05, 0) is 25.3 Å². The Morgan fingerprint density at radius 2 is 2.15 bits per heavy atom. The van der Waals surface area contributed by atoms with E-state index in [1.54, 1.807) is 11.3 Å². The molecule has 6 heteroatoms.